The van der Waals surface area contributed by atoms with E-state index in [4.69, 9.17) is 16.3 Å². The molecule has 1 aromatic heterocycles. The van der Waals surface area contributed by atoms with E-state index in [9.17, 15) is 4.79 Å². The van der Waals surface area contributed by atoms with Gasteiger partial charge in [-0.2, -0.15) is 0 Å². The highest BCUT2D eigenvalue weighted by molar-refractivity contribution is 6.44. The van der Waals surface area contributed by atoms with Crippen LogP contribution in [0.1, 0.15) is 12.0 Å². The first-order chi connectivity index (χ1) is 12.2. The highest BCUT2D eigenvalue weighted by Crippen LogP contribution is 2.25. The van der Waals surface area contributed by atoms with Gasteiger partial charge in [0.25, 0.3) is 0 Å². The largest absolute Gasteiger partial charge is 0.472 e. The van der Waals surface area contributed by atoms with Crippen molar-refractivity contribution in [2.75, 3.05) is 32.7 Å². The highest BCUT2D eigenvalue weighted by Gasteiger charge is 2.29. The minimum atomic E-state index is -0.128. The van der Waals surface area contributed by atoms with Crippen molar-refractivity contribution < 1.29 is 9.53 Å². The fourth-order valence-electron chi connectivity index (χ4n) is 3.29. The van der Waals surface area contributed by atoms with Gasteiger partial charge in [0.2, 0.25) is 5.88 Å². The van der Waals surface area contributed by atoms with Crippen molar-refractivity contribution in [2.45, 2.75) is 12.5 Å². The third-order valence-electron chi connectivity index (χ3n) is 4.61. The fourth-order valence-corrected chi connectivity index (χ4v) is 3.51. The Hall–Kier alpha value is -2.18. The molecular formula is C18H19ClN4O2. The smallest absolute Gasteiger partial charge is 0.214 e. The molecule has 0 saturated carbocycles. The van der Waals surface area contributed by atoms with E-state index in [0.717, 1.165) is 31.6 Å². The van der Waals surface area contributed by atoms with E-state index in [1.54, 1.807) is 12.4 Å². The maximum atomic E-state index is 11.7. The number of aliphatic imine (C=N–C) groups is 1. The molecule has 0 aromatic carbocycles. The van der Waals surface area contributed by atoms with Gasteiger partial charge in [-0.1, -0.05) is 17.7 Å². The molecule has 0 spiro atoms. The quantitative estimate of drug-likeness (QED) is 0.886. The van der Waals surface area contributed by atoms with Crippen LogP contribution in [0.2, 0.25) is 0 Å². The summed E-state index contributed by atoms with van der Waals surface area (Å²) in [6, 6.07) is 3.99. The Morgan fingerprint density at radius 1 is 1.40 bits per heavy atom. The molecule has 3 aliphatic rings. The third-order valence-corrected chi connectivity index (χ3v) is 5.01. The van der Waals surface area contributed by atoms with Crippen LogP contribution in [0.3, 0.4) is 0 Å². The monoisotopic (exact) mass is 358 g/mol. The molecule has 1 atom stereocenters. The number of allylic oxidation sites excluding steroid dienone is 1. The van der Waals surface area contributed by atoms with Gasteiger partial charge in [0.15, 0.2) is 5.78 Å². The Morgan fingerprint density at radius 2 is 2.32 bits per heavy atom. The molecule has 0 radical (unpaired) electrons. The average molecular weight is 359 g/mol. The topological polar surface area (TPSA) is 66.8 Å². The summed E-state index contributed by atoms with van der Waals surface area (Å²) in [7, 11) is 0. The number of rotatable bonds is 4. The number of halogens is 1. The van der Waals surface area contributed by atoms with Gasteiger partial charge in [0.1, 0.15) is 17.7 Å². The van der Waals surface area contributed by atoms with Crippen LogP contribution in [-0.2, 0) is 4.79 Å². The summed E-state index contributed by atoms with van der Waals surface area (Å²) in [5.74, 6) is 0.502. The highest BCUT2D eigenvalue weighted by atomic mass is 35.5. The van der Waals surface area contributed by atoms with E-state index in [0.29, 0.717) is 18.1 Å². The van der Waals surface area contributed by atoms with Crippen molar-refractivity contribution in [1.82, 2.24) is 15.2 Å². The molecule has 3 aliphatic heterocycles. The van der Waals surface area contributed by atoms with Gasteiger partial charge in [0.05, 0.1) is 12.2 Å². The standard InChI is InChI=1S/C18H19ClN4O2/c19-18-15(9-21-10-16(18)24)23-6-3-14(11-23)25-17-7-12(2-5-22-17)13-1-4-20-8-13/h1-2,5,7,9,14,20H,3-4,6,8,10-11H2/t14-/m1/s1. The summed E-state index contributed by atoms with van der Waals surface area (Å²) in [5.41, 5.74) is 3.11. The molecule has 1 N–H and O–H groups in total. The van der Waals surface area contributed by atoms with Gasteiger partial charge in [-0.15, -0.1) is 0 Å². The summed E-state index contributed by atoms with van der Waals surface area (Å²) < 4.78 is 6.06. The third kappa shape index (κ3) is 3.45. The molecule has 130 valence electrons. The number of likely N-dealkylation sites (tertiary alicyclic amines) is 1. The minimum absolute atomic E-state index is 0.0147. The molecule has 1 fully saturated rings. The van der Waals surface area contributed by atoms with Crippen LogP contribution in [0.5, 0.6) is 5.88 Å². The maximum absolute atomic E-state index is 11.7. The number of Topliss-reactive ketones (excluding diaryl/α,β-unsaturated/α-hetero) is 1. The first-order valence-electron chi connectivity index (χ1n) is 8.41. The number of nitrogens with one attached hydrogen (secondary N) is 1. The van der Waals surface area contributed by atoms with Crippen LogP contribution in [0.15, 0.2) is 40.1 Å². The normalized spacial score (nSPS) is 23.4. The average Bonchev–Trinajstić information content (AvgIpc) is 3.30. The molecule has 4 rings (SSSR count). The number of ether oxygens (including phenoxy) is 1. The van der Waals surface area contributed by atoms with E-state index >= 15 is 0 Å². The van der Waals surface area contributed by atoms with Gasteiger partial charge in [-0.25, -0.2) is 4.98 Å². The number of carbonyl (C=O) groups is 1. The summed E-state index contributed by atoms with van der Waals surface area (Å²) in [6.07, 6.45) is 6.52. The Bertz CT molecular complexity index is 787. The van der Waals surface area contributed by atoms with E-state index in [-0.39, 0.29) is 23.5 Å². The zero-order chi connectivity index (χ0) is 17.2. The number of carbonyl (C=O) groups excluding carboxylic acids is 1. The maximum Gasteiger partial charge on any atom is 0.214 e. The first-order valence-corrected chi connectivity index (χ1v) is 8.79. The zero-order valence-electron chi connectivity index (χ0n) is 13.7. The van der Waals surface area contributed by atoms with Crippen molar-refractivity contribution >= 4 is 29.2 Å². The van der Waals surface area contributed by atoms with Crippen molar-refractivity contribution in [3.05, 3.63) is 40.7 Å². The van der Waals surface area contributed by atoms with Crippen LogP contribution in [-0.4, -0.2) is 60.7 Å². The van der Waals surface area contributed by atoms with Gasteiger partial charge in [-0.05, 0) is 17.2 Å². The zero-order valence-corrected chi connectivity index (χ0v) is 14.5. The number of dihydropyridines is 1. The molecule has 0 bridgehead atoms. The molecular weight excluding hydrogens is 340 g/mol. The number of aromatic nitrogens is 1. The Balaban J connectivity index is 1.43. The molecule has 0 amide bonds. The van der Waals surface area contributed by atoms with Crippen molar-refractivity contribution in [3.63, 3.8) is 0 Å². The van der Waals surface area contributed by atoms with Crippen molar-refractivity contribution in [3.8, 4) is 5.88 Å². The summed E-state index contributed by atoms with van der Waals surface area (Å²) >= 11 is 6.15. The summed E-state index contributed by atoms with van der Waals surface area (Å²) in [4.78, 5) is 22.2. The van der Waals surface area contributed by atoms with Crippen LogP contribution in [0.25, 0.3) is 5.57 Å². The molecule has 7 heteroatoms. The van der Waals surface area contributed by atoms with Crippen LogP contribution in [0.4, 0.5) is 0 Å². The number of nitrogens with zero attached hydrogens (tertiary/aromatic N) is 3. The Labute approximate surface area is 151 Å². The molecule has 1 aromatic rings. The minimum Gasteiger partial charge on any atom is -0.472 e. The van der Waals surface area contributed by atoms with E-state index < -0.39 is 0 Å². The second kappa shape index (κ2) is 6.98. The van der Waals surface area contributed by atoms with Crippen molar-refractivity contribution in [2.24, 2.45) is 4.99 Å². The van der Waals surface area contributed by atoms with Gasteiger partial charge in [0, 0.05) is 44.5 Å². The number of hydrogen-bond acceptors (Lipinski definition) is 6. The van der Waals surface area contributed by atoms with Gasteiger partial charge < -0.3 is 15.0 Å². The lowest BCUT2D eigenvalue weighted by molar-refractivity contribution is -0.113. The van der Waals surface area contributed by atoms with Crippen LogP contribution < -0.4 is 10.1 Å². The Kier molecular flexibility index (Phi) is 4.55. The molecule has 4 heterocycles. The van der Waals surface area contributed by atoms with E-state index in [2.05, 4.69) is 26.3 Å². The van der Waals surface area contributed by atoms with Crippen molar-refractivity contribution in [1.29, 1.82) is 0 Å². The second-order valence-corrected chi connectivity index (χ2v) is 6.69. The lowest BCUT2D eigenvalue weighted by atomic mass is 10.1. The molecule has 1 saturated heterocycles. The molecule has 25 heavy (non-hydrogen) atoms. The van der Waals surface area contributed by atoms with Gasteiger partial charge >= 0.3 is 0 Å². The lowest BCUT2D eigenvalue weighted by Crippen LogP contribution is -2.28. The number of hydrogen-bond donors (Lipinski definition) is 1. The summed E-state index contributed by atoms with van der Waals surface area (Å²) in [5, 5.41) is 3.57. The molecule has 0 aliphatic carbocycles. The Morgan fingerprint density at radius 3 is 3.16 bits per heavy atom. The summed E-state index contributed by atoms with van der Waals surface area (Å²) in [6.45, 7) is 3.37. The van der Waals surface area contributed by atoms with Crippen LogP contribution >= 0.6 is 11.6 Å². The fraction of sp³-hybridized carbons (Fsp3) is 0.389. The number of ketones is 1. The SMILES string of the molecule is O=C1CN=CC(N2CC[C@@H](Oc3cc(C4=CCNC4)ccn3)C2)=C1Cl. The predicted molar refractivity (Wildman–Crippen MR) is 96.9 cm³/mol. The van der Waals surface area contributed by atoms with E-state index in [1.807, 2.05) is 12.1 Å². The van der Waals surface area contributed by atoms with E-state index in [1.165, 1.54) is 5.57 Å². The second-order valence-electron chi connectivity index (χ2n) is 6.31. The lowest BCUT2D eigenvalue weighted by Gasteiger charge is -2.22. The number of pyridine rings is 1. The molecule has 6 nitrogen and oxygen atoms in total. The van der Waals surface area contributed by atoms with Gasteiger partial charge in [-0.3, -0.25) is 9.79 Å². The van der Waals surface area contributed by atoms with Crippen LogP contribution in [0, 0.1) is 0 Å². The molecule has 0 unspecified atom stereocenters. The first kappa shape index (κ1) is 16.3. The predicted octanol–water partition coefficient (Wildman–Crippen LogP) is 1.63.